The van der Waals surface area contributed by atoms with Gasteiger partial charge in [0.15, 0.2) is 0 Å². The molecule has 0 N–H and O–H groups in total. The number of rotatable bonds is 2. The average Bonchev–Trinajstić information content (AvgIpc) is 2.29. The van der Waals surface area contributed by atoms with E-state index in [0.717, 1.165) is 14.3 Å². The molecular weight excluding hydrogens is 301 g/mol. The number of halogens is 2. The van der Waals surface area contributed by atoms with Gasteiger partial charge >= 0.3 is 0 Å². The van der Waals surface area contributed by atoms with E-state index in [-0.39, 0.29) is 5.82 Å². The van der Waals surface area contributed by atoms with Crippen LogP contribution in [0, 0.1) is 17.1 Å². The normalized spacial score (nSPS) is 9.94. The third-order valence-corrected chi connectivity index (χ3v) is 3.63. The molecule has 0 atom stereocenters. The van der Waals surface area contributed by atoms with Gasteiger partial charge in [-0.05, 0) is 36.4 Å². The van der Waals surface area contributed by atoms with Gasteiger partial charge in [0, 0.05) is 14.3 Å². The van der Waals surface area contributed by atoms with Crippen molar-refractivity contribution >= 4 is 27.7 Å². The van der Waals surface area contributed by atoms with Crippen LogP contribution in [0.5, 0.6) is 0 Å². The van der Waals surface area contributed by atoms with Gasteiger partial charge in [0.1, 0.15) is 11.9 Å². The lowest BCUT2D eigenvalue weighted by atomic mass is 10.2. The maximum atomic E-state index is 13.0. The van der Waals surface area contributed by atoms with Crippen molar-refractivity contribution in [3.8, 4) is 6.07 Å². The molecule has 0 fully saturated rings. The standard InChI is InChI=1S/C13H7BrFNS/c14-10-5-4-9(8-16)13(6-10)17-12-3-1-2-11(15)7-12/h1-7H. The van der Waals surface area contributed by atoms with Crippen molar-refractivity contribution < 1.29 is 4.39 Å². The van der Waals surface area contributed by atoms with Crippen molar-refractivity contribution in [2.45, 2.75) is 9.79 Å². The van der Waals surface area contributed by atoms with E-state index in [4.69, 9.17) is 5.26 Å². The van der Waals surface area contributed by atoms with E-state index in [2.05, 4.69) is 22.0 Å². The van der Waals surface area contributed by atoms with Gasteiger partial charge in [-0.1, -0.05) is 33.8 Å². The van der Waals surface area contributed by atoms with Gasteiger partial charge in [0.2, 0.25) is 0 Å². The molecule has 0 aromatic heterocycles. The lowest BCUT2D eigenvalue weighted by molar-refractivity contribution is 0.624. The smallest absolute Gasteiger partial charge is 0.124 e. The summed E-state index contributed by atoms with van der Waals surface area (Å²) in [7, 11) is 0. The summed E-state index contributed by atoms with van der Waals surface area (Å²) in [5, 5.41) is 8.99. The maximum absolute atomic E-state index is 13.0. The molecule has 2 rings (SSSR count). The van der Waals surface area contributed by atoms with Crippen molar-refractivity contribution in [2.75, 3.05) is 0 Å². The van der Waals surface area contributed by atoms with Crippen LogP contribution in [-0.4, -0.2) is 0 Å². The quantitative estimate of drug-likeness (QED) is 0.809. The fourth-order valence-corrected chi connectivity index (χ4v) is 2.82. The molecule has 1 nitrogen and oxygen atoms in total. The van der Waals surface area contributed by atoms with Crippen molar-refractivity contribution in [1.82, 2.24) is 0 Å². The molecule has 0 aliphatic carbocycles. The maximum Gasteiger partial charge on any atom is 0.124 e. The monoisotopic (exact) mass is 307 g/mol. The molecule has 0 aliphatic heterocycles. The van der Waals surface area contributed by atoms with E-state index in [0.29, 0.717) is 5.56 Å². The van der Waals surface area contributed by atoms with E-state index in [9.17, 15) is 4.39 Å². The summed E-state index contributed by atoms with van der Waals surface area (Å²) in [4.78, 5) is 1.59. The van der Waals surface area contributed by atoms with Gasteiger partial charge in [-0.15, -0.1) is 0 Å². The molecular formula is C13H7BrFNS. The molecule has 0 spiro atoms. The summed E-state index contributed by atoms with van der Waals surface area (Å²) in [6.07, 6.45) is 0. The molecule has 0 saturated carbocycles. The van der Waals surface area contributed by atoms with E-state index in [1.54, 1.807) is 12.1 Å². The Morgan fingerprint density at radius 2 is 2.00 bits per heavy atom. The van der Waals surface area contributed by atoms with Gasteiger partial charge in [-0.3, -0.25) is 0 Å². The molecule has 17 heavy (non-hydrogen) atoms. The van der Waals surface area contributed by atoms with E-state index < -0.39 is 0 Å². The molecule has 2 aromatic rings. The van der Waals surface area contributed by atoms with Crippen LogP contribution in [0.3, 0.4) is 0 Å². The Morgan fingerprint density at radius 3 is 2.71 bits per heavy atom. The molecule has 84 valence electrons. The SMILES string of the molecule is N#Cc1ccc(Br)cc1Sc1cccc(F)c1. The first kappa shape index (κ1) is 12.2. The molecule has 0 radical (unpaired) electrons. The first-order valence-corrected chi connectivity index (χ1v) is 6.43. The van der Waals surface area contributed by atoms with Crippen LogP contribution >= 0.6 is 27.7 Å². The summed E-state index contributed by atoms with van der Waals surface area (Å²) in [6.45, 7) is 0. The Morgan fingerprint density at radius 1 is 1.18 bits per heavy atom. The molecule has 2 aromatic carbocycles. The van der Waals surface area contributed by atoms with E-state index >= 15 is 0 Å². The molecule has 0 unspecified atom stereocenters. The summed E-state index contributed by atoms with van der Waals surface area (Å²) in [6, 6.07) is 13.9. The zero-order valence-electron chi connectivity index (χ0n) is 8.65. The molecule has 0 aliphatic rings. The Kier molecular flexibility index (Phi) is 3.82. The molecule has 0 heterocycles. The van der Waals surface area contributed by atoms with Crippen molar-refractivity contribution in [1.29, 1.82) is 5.26 Å². The summed E-state index contributed by atoms with van der Waals surface area (Å²) < 4.78 is 13.9. The highest BCUT2D eigenvalue weighted by Crippen LogP contribution is 2.32. The summed E-state index contributed by atoms with van der Waals surface area (Å²) in [5.74, 6) is -0.275. The number of hydrogen-bond donors (Lipinski definition) is 0. The molecule has 0 saturated heterocycles. The van der Waals surface area contributed by atoms with Crippen LogP contribution in [0.15, 0.2) is 56.7 Å². The number of hydrogen-bond acceptors (Lipinski definition) is 2. The fraction of sp³-hybridized carbons (Fsp3) is 0. The Hall–Kier alpha value is -1.31. The van der Waals surface area contributed by atoms with Gasteiger partial charge < -0.3 is 0 Å². The van der Waals surface area contributed by atoms with E-state index in [1.165, 1.54) is 23.9 Å². The highest BCUT2D eigenvalue weighted by Gasteiger charge is 2.05. The predicted molar refractivity (Wildman–Crippen MR) is 69.4 cm³/mol. The number of benzene rings is 2. The number of nitrogens with zero attached hydrogens (tertiary/aromatic N) is 1. The summed E-state index contributed by atoms with van der Waals surface area (Å²) >= 11 is 4.73. The lowest BCUT2D eigenvalue weighted by Gasteiger charge is -2.04. The Balaban J connectivity index is 2.36. The zero-order valence-corrected chi connectivity index (χ0v) is 11.1. The van der Waals surface area contributed by atoms with Crippen LogP contribution in [0.4, 0.5) is 4.39 Å². The van der Waals surface area contributed by atoms with Gasteiger partial charge in [0.25, 0.3) is 0 Å². The average molecular weight is 308 g/mol. The second-order valence-electron chi connectivity index (χ2n) is 3.31. The van der Waals surface area contributed by atoms with Crippen LogP contribution in [-0.2, 0) is 0 Å². The largest absolute Gasteiger partial charge is 0.207 e. The Labute approximate surface area is 111 Å². The van der Waals surface area contributed by atoms with Gasteiger partial charge in [-0.2, -0.15) is 5.26 Å². The van der Waals surface area contributed by atoms with Crippen LogP contribution in [0.25, 0.3) is 0 Å². The summed E-state index contributed by atoms with van der Waals surface area (Å²) in [5.41, 5.74) is 0.586. The fourth-order valence-electron chi connectivity index (χ4n) is 1.33. The lowest BCUT2D eigenvalue weighted by Crippen LogP contribution is -1.82. The minimum absolute atomic E-state index is 0.275. The van der Waals surface area contributed by atoms with E-state index in [1.807, 2.05) is 18.2 Å². The molecule has 0 amide bonds. The third-order valence-electron chi connectivity index (χ3n) is 2.09. The first-order chi connectivity index (χ1) is 8.19. The van der Waals surface area contributed by atoms with Crippen molar-refractivity contribution in [3.63, 3.8) is 0 Å². The highest BCUT2D eigenvalue weighted by molar-refractivity contribution is 9.10. The highest BCUT2D eigenvalue weighted by atomic mass is 79.9. The van der Waals surface area contributed by atoms with Crippen LogP contribution < -0.4 is 0 Å². The third kappa shape index (κ3) is 3.09. The van der Waals surface area contributed by atoms with Crippen molar-refractivity contribution in [3.05, 3.63) is 58.3 Å². The first-order valence-electron chi connectivity index (χ1n) is 4.82. The minimum atomic E-state index is -0.275. The van der Waals surface area contributed by atoms with Crippen LogP contribution in [0.2, 0.25) is 0 Å². The van der Waals surface area contributed by atoms with Gasteiger partial charge in [0.05, 0.1) is 5.56 Å². The van der Waals surface area contributed by atoms with Crippen molar-refractivity contribution in [2.24, 2.45) is 0 Å². The van der Waals surface area contributed by atoms with Gasteiger partial charge in [-0.25, -0.2) is 4.39 Å². The topological polar surface area (TPSA) is 23.8 Å². The second-order valence-corrected chi connectivity index (χ2v) is 5.34. The molecule has 4 heteroatoms. The second kappa shape index (κ2) is 5.35. The predicted octanol–water partition coefficient (Wildman–Crippen LogP) is 4.61. The Bertz CT molecular complexity index is 592. The minimum Gasteiger partial charge on any atom is -0.207 e. The zero-order chi connectivity index (χ0) is 12.3. The van der Waals surface area contributed by atoms with Crippen LogP contribution in [0.1, 0.15) is 5.56 Å². The number of nitriles is 1. The molecule has 0 bridgehead atoms.